The van der Waals surface area contributed by atoms with Gasteiger partial charge in [-0.15, -0.1) is 6.58 Å². The van der Waals surface area contributed by atoms with Gasteiger partial charge in [0.2, 0.25) is 23.5 Å². The van der Waals surface area contributed by atoms with E-state index in [1.54, 1.807) is 0 Å². The van der Waals surface area contributed by atoms with Crippen molar-refractivity contribution < 1.29 is 33.5 Å². The number of fused-ring (bicyclic) bond motifs is 1. The molecule has 12 nitrogen and oxygen atoms in total. The molecule has 5 amide bonds. The molecule has 0 bridgehead atoms. The van der Waals surface area contributed by atoms with Gasteiger partial charge in [0, 0.05) is 25.6 Å². The molecule has 7 unspecified atom stereocenters. The van der Waals surface area contributed by atoms with Gasteiger partial charge in [0.15, 0.2) is 0 Å². The molecule has 12 heteroatoms. The Morgan fingerprint density at radius 3 is 2.40 bits per heavy atom. The second-order valence-corrected chi connectivity index (χ2v) is 15.0. The largest absolute Gasteiger partial charge is 0.449 e. The average Bonchev–Trinajstić information content (AvgIpc) is 3.40. The number of nitrogens with zero attached hydrogens (tertiary/aromatic N) is 1. The van der Waals surface area contributed by atoms with E-state index in [1.165, 1.54) is 11.0 Å². The first kappa shape index (κ1) is 38.6. The Bertz CT molecular complexity index is 1410. The van der Waals surface area contributed by atoms with Crippen LogP contribution in [-0.2, 0) is 35.3 Å². The van der Waals surface area contributed by atoms with Crippen molar-refractivity contribution in [1.29, 1.82) is 0 Å². The third kappa shape index (κ3) is 9.31. The maximum absolute atomic E-state index is 14.6. The zero-order chi connectivity index (χ0) is 36.6. The Morgan fingerprint density at radius 2 is 1.74 bits per heavy atom. The third-order valence-corrected chi connectivity index (χ3v) is 10.6. The average molecular weight is 694 g/mol. The third-order valence-electron chi connectivity index (χ3n) is 10.6. The second-order valence-electron chi connectivity index (χ2n) is 15.0. The molecule has 274 valence electrons. The number of ketones is 1. The summed E-state index contributed by atoms with van der Waals surface area (Å²) in [6.07, 6.45) is 3.89. The SMILES string of the molecule is C=CCNC(=O)C(=O)C(CCC)NC(=O)C1C2C(CN1C(=O)C(NC(=O)OCC(C)C)C1CCCC(C(=O)NCc3ccccc3)C1)C2(C)C. The van der Waals surface area contributed by atoms with E-state index < -0.39 is 47.7 Å². The summed E-state index contributed by atoms with van der Waals surface area (Å²) in [5.74, 6) is -3.31. The van der Waals surface area contributed by atoms with Gasteiger partial charge >= 0.3 is 6.09 Å². The van der Waals surface area contributed by atoms with Gasteiger partial charge in [-0.25, -0.2) is 4.79 Å². The molecule has 50 heavy (non-hydrogen) atoms. The Labute approximate surface area is 295 Å². The lowest BCUT2D eigenvalue weighted by Crippen LogP contribution is -2.60. The molecule has 1 heterocycles. The molecule has 4 N–H and O–H groups in total. The minimum atomic E-state index is -1.05. The quantitative estimate of drug-likeness (QED) is 0.152. The molecule has 1 aliphatic heterocycles. The highest BCUT2D eigenvalue weighted by Gasteiger charge is 2.69. The van der Waals surface area contributed by atoms with Crippen molar-refractivity contribution in [3.63, 3.8) is 0 Å². The molecule has 7 atom stereocenters. The highest BCUT2D eigenvalue weighted by Crippen LogP contribution is 2.65. The molecule has 2 saturated carbocycles. The van der Waals surface area contributed by atoms with Crippen LogP contribution in [0.5, 0.6) is 0 Å². The van der Waals surface area contributed by atoms with E-state index in [2.05, 4.69) is 41.7 Å². The molecule has 4 rings (SSSR count). The predicted octanol–water partition coefficient (Wildman–Crippen LogP) is 3.50. The van der Waals surface area contributed by atoms with Crippen molar-refractivity contribution in [2.45, 2.75) is 97.8 Å². The van der Waals surface area contributed by atoms with Crippen molar-refractivity contribution in [3.05, 3.63) is 48.6 Å². The van der Waals surface area contributed by atoms with Crippen LogP contribution in [0.2, 0.25) is 0 Å². The Morgan fingerprint density at radius 1 is 1.02 bits per heavy atom. The molecule has 3 fully saturated rings. The predicted molar refractivity (Wildman–Crippen MR) is 188 cm³/mol. The van der Waals surface area contributed by atoms with E-state index in [4.69, 9.17) is 4.74 Å². The molecule has 3 aliphatic rings. The lowest BCUT2D eigenvalue weighted by Gasteiger charge is -2.38. The number of piperidine rings is 1. The molecule has 0 radical (unpaired) electrons. The molecule has 1 aromatic carbocycles. The summed E-state index contributed by atoms with van der Waals surface area (Å²) < 4.78 is 5.43. The number of hydrogen-bond donors (Lipinski definition) is 4. The molecule has 1 saturated heterocycles. The first-order chi connectivity index (χ1) is 23.8. The molecule has 2 aliphatic carbocycles. The Kier molecular flexibility index (Phi) is 13.2. The van der Waals surface area contributed by atoms with Crippen molar-refractivity contribution in [2.24, 2.45) is 35.0 Å². The van der Waals surface area contributed by atoms with Gasteiger partial charge in [-0.05, 0) is 60.3 Å². The van der Waals surface area contributed by atoms with Gasteiger partial charge in [0.1, 0.15) is 12.1 Å². The van der Waals surface area contributed by atoms with Gasteiger partial charge in [-0.1, -0.05) is 83.9 Å². The number of carbonyl (C=O) groups excluding carboxylic acids is 6. The van der Waals surface area contributed by atoms with E-state index >= 15 is 0 Å². The summed E-state index contributed by atoms with van der Waals surface area (Å²) >= 11 is 0. The fourth-order valence-corrected chi connectivity index (χ4v) is 7.71. The summed E-state index contributed by atoms with van der Waals surface area (Å²) in [4.78, 5) is 82.2. The number of nitrogens with one attached hydrogen (secondary N) is 4. The van der Waals surface area contributed by atoms with Crippen molar-refractivity contribution in [1.82, 2.24) is 26.2 Å². The van der Waals surface area contributed by atoms with Crippen molar-refractivity contribution in [3.8, 4) is 0 Å². The number of likely N-dealkylation sites (tertiary alicyclic amines) is 1. The van der Waals surface area contributed by atoms with E-state index in [-0.39, 0.29) is 60.5 Å². The van der Waals surface area contributed by atoms with Crippen LogP contribution in [-0.4, -0.2) is 78.2 Å². The number of amides is 5. The lowest BCUT2D eigenvalue weighted by atomic mass is 9.76. The first-order valence-corrected chi connectivity index (χ1v) is 18.1. The first-order valence-electron chi connectivity index (χ1n) is 18.1. The van der Waals surface area contributed by atoms with Crippen LogP contribution >= 0.6 is 0 Å². The van der Waals surface area contributed by atoms with Crippen LogP contribution in [0.15, 0.2) is 43.0 Å². The number of benzene rings is 1. The van der Waals surface area contributed by atoms with Crippen LogP contribution in [0.25, 0.3) is 0 Å². The van der Waals surface area contributed by atoms with Crippen LogP contribution in [0, 0.1) is 35.0 Å². The normalized spacial score (nSPS) is 24.6. The fourth-order valence-electron chi connectivity index (χ4n) is 7.71. The number of rotatable bonds is 16. The standard InChI is InChI=1S/C38H55N5O7/c1-7-13-28(32(44)35(47)39-18-8-2)41-34(46)31-29-27(38(29,5)6)21-43(31)36(48)30(42-37(49)50-22-23(3)4)25-16-12-17-26(19-25)33(45)40-20-24-14-10-9-11-15-24/h8-11,14-15,23,25-31H,2,7,12-13,16-22H2,1,3-6H3,(H,39,47)(H,40,45)(H,41,46)(H,42,49). The minimum absolute atomic E-state index is 0.0508. The van der Waals surface area contributed by atoms with Crippen molar-refractivity contribution >= 4 is 35.5 Å². The maximum atomic E-state index is 14.6. The van der Waals surface area contributed by atoms with Crippen LogP contribution < -0.4 is 21.3 Å². The summed E-state index contributed by atoms with van der Waals surface area (Å²) in [6, 6.07) is 6.67. The van der Waals surface area contributed by atoms with E-state index in [1.807, 2.05) is 51.1 Å². The molecule has 0 aromatic heterocycles. The summed E-state index contributed by atoms with van der Waals surface area (Å²) in [5.41, 5.74) is 0.770. The topological polar surface area (TPSA) is 163 Å². The zero-order valence-electron chi connectivity index (χ0n) is 30.2. The van der Waals surface area contributed by atoms with Crippen molar-refractivity contribution in [2.75, 3.05) is 19.7 Å². The van der Waals surface area contributed by atoms with Crippen LogP contribution in [0.3, 0.4) is 0 Å². The Hall–Kier alpha value is -4.22. The van der Waals surface area contributed by atoms with Gasteiger partial charge in [0.25, 0.3) is 5.91 Å². The summed E-state index contributed by atoms with van der Waals surface area (Å²) in [5, 5.41) is 11.1. The van der Waals surface area contributed by atoms with E-state index in [9.17, 15) is 28.8 Å². The van der Waals surface area contributed by atoms with Crippen LogP contribution in [0.4, 0.5) is 4.79 Å². The molecular weight excluding hydrogens is 638 g/mol. The highest BCUT2D eigenvalue weighted by molar-refractivity contribution is 6.38. The molecule has 0 spiro atoms. The van der Waals surface area contributed by atoms with Gasteiger partial charge in [-0.2, -0.15) is 0 Å². The number of hydrogen-bond acceptors (Lipinski definition) is 7. The minimum Gasteiger partial charge on any atom is -0.449 e. The van der Waals surface area contributed by atoms with E-state index in [0.717, 1.165) is 5.56 Å². The smallest absolute Gasteiger partial charge is 0.407 e. The van der Waals surface area contributed by atoms with Gasteiger partial charge < -0.3 is 30.9 Å². The number of alkyl carbamates (subject to hydrolysis) is 1. The van der Waals surface area contributed by atoms with Crippen LogP contribution in [0.1, 0.15) is 78.7 Å². The monoisotopic (exact) mass is 693 g/mol. The Balaban J connectivity index is 1.55. The summed E-state index contributed by atoms with van der Waals surface area (Å²) in [7, 11) is 0. The molecular formula is C38H55N5O7. The summed E-state index contributed by atoms with van der Waals surface area (Å²) in [6.45, 7) is 14.3. The van der Waals surface area contributed by atoms with Gasteiger partial charge in [-0.3, -0.25) is 24.0 Å². The lowest BCUT2D eigenvalue weighted by molar-refractivity contribution is -0.145. The highest BCUT2D eigenvalue weighted by atomic mass is 16.5. The molecule has 1 aromatic rings. The fraction of sp³-hybridized carbons (Fsp3) is 0.632. The van der Waals surface area contributed by atoms with Gasteiger partial charge in [0.05, 0.1) is 12.6 Å². The number of ether oxygens (including phenoxy) is 1. The number of carbonyl (C=O) groups is 6. The second kappa shape index (κ2) is 17.1. The zero-order valence-corrected chi connectivity index (χ0v) is 30.2. The maximum Gasteiger partial charge on any atom is 0.407 e. The number of Topliss-reactive ketones (excluding diaryl/α,β-unsaturated/α-hetero) is 1. The van der Waals surface area contributed by atoms with E-state index in [0.29, 0.717) is 45.2 Å².